The molecule has 7 heteroatoms. The number of anilines is 1. The van der Waals surface area contributed by atoms with E-state index in [4.69, 9.17) is 10.5 Å². The highest BCUT2D eigenvalue weighted by molar-refractivity contribution is 7.99. The van der Waals surface area contributed by atoms with E-state index in [-0.39, 0.29) is 11.5 Å². The second-order valence-corrected chi connectivity index (χ2v) is 3.80. The Hall–Kier alpha value is -1.34. The van der Waals surface area contributed by atoms with E-state index in [1.807, 2.05) is 0 Å². The largest absolute Gasteiger partial charge is 0.384 e. The SMILES string of the molecule is COCCSc1cc([N+](=O)[O-])cc(N)n1. The topological polar surface area (TPSA) is 91.3 Å². The van der Waals surface area contributed by atoms with Crippen molar-refractivity contribution in [1.29, 1.82) is 0 Å². The van der Waals surface area contributed by atoms with Crippen LogP contribution in [0, 0.1) is 10.1 Å². The van der Waals surface area contributed by atoms with Gasteiger partial charge in [-0.25, -0.2) is 4.98 Å². The Morgan fingerprint density at radius 2 is 2.40 bits per heavy atom. The zero-order valence-corrected chi connectivity index (χ0v) is 8.99. The lowest BCUT2D eigenvalue weighted by Gasteiger charge is -2.01. The summed E-state index contributed by atoms with van der Waals surface area (Å²) in [5.74, 6) is 0.841. The Balaban J connectivity index is 2.75. The number of aromatic nitrogens is 1. The second-order valence-electron chi connectivity index (χ2n) is 2.69. The maximum absolute atomic E-state index is 10.5. The number of rotatable bonds is 5. The van der Waals surface area contributed by atoms with Gasteiger partial charge in [0.25, 0.3) is 5.69 Å². The molecule has 1 heterocycles. The third-order valence-electron chi connectivity index (χ3n) is 1.55. The highest BCUT2D eigenvalue weighted by atomic mass is 32.2. The Bertz CT molecular complexity index is 359. The van der Waals surface area contributed by atoms with Gasteiger partial charge in [-0.3, -0.25) is 10.1 Å². The number of nitrogens with two attached hydrogens (primary N) is 1. The average Bonchev–Trinajstić information content (AvgIpc) is 2.17. The summed E-state index contributed by atoms with van der Waals surface area (Å²) in [7, 11) is 1.59. The van der Waals surface area contributed by atoms with Crippen LogP contribution in [-0.4, -0.2) is 29.4 Å². The molecule has 0 saturated carbocycles. The molecule has 0 aromatic carbocycles. The van der Waals surface area contributed by atoms with E-state index >= 15 is 0 Å². The van der Waals surface area contributed by atoms with Gasteiger partial charge in [0.15, 0.2) is 0 Å². The quantitative estimate of drug-likeness (QED) is 0.354. The molecule has 2 N–H and O–H groups in total. The molecule has 0 fully saturated rings. The first-order valence-electron chi connectivity index (χ1n) is 4.17. The molecule has 0 bridgehead atoms. The molecule has 0 saturated heterocycles. The molecular formula is C8H11N3O3S. The number of pyridine rings is 1. The molecule has 0 atom stereocenters. The van der Waals surface area contributed by atoms with E-state index < -0.39 is 4.92 Å². The van der Waals surface area contributed by atoms with Gasteiger partial charge in [-0.2, -0.15) is 0 Å². The van der Waals surface area contributed by atoms with E-state index in [1.54, 1.807) is 7.11 Å². The van der Waals surface area contributed by atoms with Crippen molar-refractivity contribution in [2.45, 2.75) is 5.03 Å². The normalized spacial score (nSPS) is 10.2. The molecule has 82 valence electrons. The van der Waals surface area contributed by atoms with E-state index in [0.29, 0.717) is 17.4 Å². The highest BCUT2D eigenvalue weighted by Gasteiger charge is 2.09. The van der Waals surface area contributed by atoms with Crippen LogP contribution in [0.5, 0.6) is 0 Å². The Labute approximate surface area is 91.0 Å². The van der Waals surface area contributed by atoms with Crippen molar-refractivity contribution in [3.8, 4) is 0 Å². The van der Waals surface area contributed by atoms with Crippen LogP contribution in [0.1, 0.15) is 0 Å². The molecule has 1 aromatic heterocycles. The third-order valence-corrected chi connectivity index (χ3v) is 2.43. The van der Waals surface area contributed by atoms with Crippen LogP contribution in [-0.2, 0) is 4.74 Å². The summed E-state index contributed by atoms with van der Waals surface area (Å²) < 4.78 is 4.86. The number of nitrogens with zero attached hydrogens (tertiary/aromatic N) is 2. The van der Waals surface area contributed by atoms with Gasteiger partial charge in [0, 0.05) is 18.9 Å². The second kappa shape index (κ2) is 5.52. The number of hydrogen-bond donors (Lipinski definition) is 1. The fraction of sp³-hybridized carbons (Fsp3) is 0.375. The fourth-order valence-electron chi connectivity index (χ4n) is 0.920. The number of ether oxygens (including phenoxy) is 1. The van der Waals surface area contributed by atoms with Gasteiger partial charge in [-0.15, -0.1) is 11.8 Å². The molecule has 0 unspecified atom stereocenters. The highest BCUT2D eigenvalue weighted by Crippen LogP contribution is 2.22. The van der Waals surface area contributed by atoms with Crippen molar-refractivity contribution < 1.29 is 9.66 Å². The summed E-state index contributed by atoms with van der Waals surface area (Å²) in [4.78, 5) is 14.0. The standard InChI is InChI=1S/C8H11N3O3S/c1-14-2-3-15-8-5-6(11(12)13)4-7(9)10-8/h4-5H,2-3H2,1H3,(H2,9,10). The molecule has 0 aliphatic rings. The minimum Gasteiger partial charge on any atom is -0.384 e. The Morgan fingerprint density at radius 3 is 3.00 bits per heavy atom. The first-order chi connectivity index (χ1) is 7.13. The van der Waals surface area contributed by atoms with Crippen molar-refractivity contribution >= 4 is 23.3 Å². The van der Waals surface area contributed by atoms with Crippen LogP contribution in [0.3, 0.4) is 0 Å². The molecule has 1 aromatic rings. The summed E-state index contributed by atoms with van der Waals surface area (Å²) in [5.41, 5.74) is 5.40. The smallest absolute Gasteiger partial charge is 0.275 e. The Morgan fingerprint density at radius 1 is 1.67 bits per heavy atom. The fourth-order valence-corrected chi connectivity index (χ4v) is 1.75. The molecular weight excluding hydrogens is 218 g/mol. The van der Waals surface area contributed by atoms with Crippen LogP contribution in [0.2, 0.25) is 0 Å². The lowest BCUT2D eigenvalue weighted by atomic mass is 10.4. The summed E-state index contributed by atoms with van der Waals surface area (Å²) in [6, 6.07) is 2.64. The number of thioether (sulfide) groups is 1. The zero-order valence-electron chi connectivity index (χ0n) is 8.17. The average molecular weight is 229 g/mol. The Kier molecular flexibility index (Phi) is 4.32. The monoisotopic (exact) mass is 229 g/mol. The maximum Gasteiger partial charge on any atom is 0.275 e. The van der Waals surface area contributed by atoms with Gasteiger partial charge in [-0.05, 0) is 0 Å². The lowest BCUT2D eigenvalue weighted by Crippen LogP contribution is -1.97. The van der Waals surface area contributed by atoms with Gasteiger partial charge in [0.05, 0.1) is 17.6 Å². The minimum atomic E-state index is -0.488. The van der Waals surface area contributed by atoms with Crippen LogP contribution in [0.4, 0.5) is 11.5 Å². The van der Waals surface area contributed by atoms with Gasteiger partial charge in [0.2, 0.25) is 0 Å². The van der Waals surface area contributed by atoms with Crippen LogP contribution in [0.25, 0.3) is 0 Å². The molecule has 0 radical (unpaired) electrons. The first kappa shape index (κ1) is 11.7. The predicted octanol–water partition coefficient (Wildman–Crippen LogP) is 1.31. The van der Waals surface area contributed by atoms with Gasteiger partial charge in [0.1, 0.15) is 10.8 Å². The van der Waals surface area contributed by atoms with E-state index in [0.717, 1.165) is 0 Å². The minimum absolute atomic E-state index is 0.0394. The summed E-state index contributed by atoms with van der Waals surface area (Å²) in [5, 5.41) is 11.1. The maximum atomic E-state index is 10.5. The zero-order chi connectivity index (χ0) is 11.3. The summed E-state index contributed by atoms with van der Waals surface area (Å²) >= 11 is 1.37. The van der Waals surface area contributed by atoms with E-state index in [2.05, 4.69) is 4.98 Å². The van der Waals surface area contributed by atoms with Crippen molar-refractivity contribution in [3.05, 3.63) is 22.2 Å². The first-order valence-corrected chi connectivity index (χ1v) is 5.15. The van der Waals surface area contributed by atoms with Gasteiger partial charge in [-0.1, -0.05) is 0 Å². The molecule has 0 spiro atoms. The van der Waals surface area contributed by atoms with Gasteiger partial charge < -0.3 is 10.5 Å². The number of nitrogen functional groups attached to an aromatic ring is 1. The van der Waals surface area contributed by atoms with Crippen LogP contribution in [0.15, 0.2) is 17.2 Å². The number of nitro groups is 1. The molecule has 6 nitrogen and oxygen atoms in total. The van der Waals surface area contributed by atoms with Crippen molar-refractivity contribution in [2.24, 2.45) is 0 Å². The molecule has 0 amide bonds. The third kappa shape index (κ3) is 3.72. The lowest BCUT2D eigenvalue weighted by molar-refractivity contribution is -0.385. The summed E-state index contributed by atoms with van der Waals surface area (Å²) in [6.07, 6.45) is 0. The predicted molar refractivity (Wildman–Crippen MR) is 57.9 cm³/mol. The molecule has 15 heavy (non-hydrogen) atoms. The number of hydrogen-bond acceptors (Lipinski definition) is 6. The van der Waals surface area contributed by atoms with Crippen LogP contribution >= 0.6 is 11.8 Å². The van der Waals surface area contributed by atoms with Gasteiger partial charge >= 0.3 is 0 Å². The van der Waals surface area contributed by atoms with Crippen LogP contribution < -0.4 is 5.73 Å². The number of methoxy groups -OCH3 is 1. The van der Waals surface area contributed by atoms with Crippen molar-refractivity contribution in [3.63, 3.8) is 0 Å². The van der Waals surface area contributed by atoms with Crippen molar-refractivity contribution in [2.75, 3.05) is 25.2 Å². The molecule has 0 aliphatic heterocycles. The van der Waals surface area contributed by atoms with E-state index in [1.165, 1.54) is 23.9 Å². The molecule has 0 aliphatic carbocycles. The molecule has 1 rings (SSSR count). The summed E-state index contributed by atoms with van der Waals surface area (Å²) in [6.45, 7) is 0.564. The van der Waals surface area contributed by atoms with Crippen molar-refractivity contribution in [1.82, 2.24) is 4.98 Å². The van der Waals surface area contributed by atoms with E-state index in [9.17, 15) is 10.1 Å².